The van der Waals surface area contributed by atoms with Crippen molar-refractivity contribution in [2.75, 3.05) is 12.4 Å². The Bertz CT molecular complexity index is 505. The van der Waals surface area contributed by atoms with E-state index in [1.54, 1.807) is 13.3 Å². The summed E-state index contributed by atoms with van der Waals surface area (Å²) < 4.78 is 5.10. The van der Waals surface area contributed by atoms with Crippen LogP contribution in [-0.2, 0) is 17.9 Å². The molecule has 0 saturated carbocycles. The third-order valence-corrected chi connectivity index (χ3v) is 2.62. The summed E-state index contributed by atoms with van der Waals surface area (Å²) in [5.74, 6) is 0.709. The predicted octanol–water partition coefficient (Wildman–Crippen LogP) is 2.89. The molecule has 0 bridgehead atoms. The van der Waals surface area contributed by atoms with Crippen molar-refractivity contribution in [2.24, 2.45) is 0 Å². The van der Waals surface area contributed by atoms with Gasteiger partial charge >= 0.3 is 0 Å². The van der Waals surface area contributed by atoms with Gasteiger partial charge in [0.15, 0.2) is 0 Å². The number of ether oxygens (including phenoxy) is 1. The third-order valence-electron chi connectivity index (χ3n) is 2.44. The maximum atomic E-state index is 5.80. The van der Waals surface area contributed by atoms with Crippen LogP contribution in [0.4, 0.5) is 5.82 Å². The molecule has 0 aliphatic heterocycles. The van der Waals surface area contributed by atoms with Crippen LogP contribution >= 0.6 is 11.6 Å². The van der Waals surface area contributed by atoms with Gasteiger partial charge in [0.25, 0.3) is 0 Å². The van der Waals surface area contributed by atoms with E-state index >= 15 is 0 Å². The summed E-state index contributed by atoms with van der Waals surface area (Å²) in [5.41, 5.74) is 2.06. The molecule has 1 aromatic heterocycles. The van der Waals surface area contributed by atoms with Gasteiger partial charge in [-0.25, -0.2) is 9.97 Å². The molecule has 0 atom stereocenters. The summed E-state index contributed by atoms with van der Waals surface area (Å²) in [6.07, 6.45) is 1.67. The highest BCUT2D eigenvalue weighted by Gasteiger charge is 2.05. The molecule has 0 spiro atoms. The van der Waals surface area contributed by atoms with Crippen LogP contribution in [0.5, 0.6) is 0 Å². The zero-order chi connectivity index (χ0) is 12.8. The first-order valence-corrected chi connectivity index (χ1v) is 5.95. The molecule has 94 valence electrons. The van der Waals surface area contributed by atoms with Crippen molar-refractivity contribution in [2.45, 2.75) is 13.2 Å². The van der Waals surface area contributed by atoms with Crippen LogP contribution in [0.25, 0.3) is 0 Å². The fourth-order valence-electron chi connectivity index (χ4n) is 1.58. The lowest BCUT2D eigenvalue weighted by Gasteiger charge is -2.10. The maximum Gasteiger partial charge on any atom is 0.224 e. The molecule has 2 aromatic rings. The van der Waals surface area contributed by atoms with Gasteiger partial charge in [0.2, 0.25) is 5.28 Å². The average Bonchev–Trinajstić information content (AvgIpc) is 2.40. The second kappa shape index (κ2) is 6.33. The summed E-state index contributed by atoms with van der Waals surface area (Å²) >= 11 is 5.80. The molecule has 1 heterocycles. The Morgan fingerprint density at radius 3 is 2.78 bits per heavy atom. The normalized spacial score (nSPS) is 10.3. The predicted molar refractivity (Wildman–Crippen MR) is 71.5 cm³/mol. The zero-order valence-electron chi connectivity index (χ0n) is 10.1. The van der Waals surface area contributed by atoms with Gasteiger partial charge in [-0.05, 0) is 17.2 Å². The number of hydrogen-bond donors (Lipinski definition) is 1. The molecular formula is C13H14ClN3O. The monoisotopic (exact) mass is 263 g/mol. The molecule has 2 rings (SSSR count). The van der Waals surface area contributed by atoms with E-state index in [1.165, 1.54) is 5.56 Å². The van der Waals surface area contributed by atoms with E-state index in [0.29, 0.717) is 19.0 Å². The van der Waals surface area contributed by atoms with E-state index in [9.17, 15) is 0 Å². The SMILES string of the molecule is COCc1cnc(Cl)nc1NCc1ccccc1. The van der Waals surface area contributed by atoms with Crippen molar-refractivity contribution in [1.29, 1.82) is 0 Å². The Hall–Kier alpha value is -1.65. The minimum absolute atomic E-state index is 0.227. The molecule has 4 nitrogen and oxygen atoms in total. The molecule has 0 unspecified atom stereocenters. The zero-order valence-corrected chi connectivity index (χ0v) is 10.8. The molecule has 0 radical (unpaired) electrons. The van der Waals surface area contributed by atoms with Crippen molar-refractivity contribution >= 4 is 17.4 Å². The van der Waals surface area contributed by atoms with E-state index in [-0.39, 0.29) is 5.28 Å². The van der Waals surface area contributed by atoms with Crippen molar-refractivity contribution < 1.29 is 4.74 Å². The summed E-state index contributed by atoms with van der Waals surface area (Å²) in [6.45, 7) is 1.14. The number of benzene rings is 1. The van der Waals surface area contributed by atoms with E-state index in [2.05, 4.69) is 15.3 Å². The maximum absolute atomic E-state index is 5.80. The van der Waals surface area contributed by atoms with Crippen molar-refractivity contribution in [3.63, 3.8) is 0 Å². The molecule has 0 aliphatic carbocycles. The van der Waals surface area contributed by atoms with Crippen LogP contribution in [-0.4, -0.2) is 17.1 Å². The largest absolute Gasteiger partial charge is 0.380 e. The van der Waals surface area contributed by atoms with E-state index in [4.69, 9.17) is 16.3 Å². The molecule has 0 saturated heterocycles. The Balaban J connectivity index is 2.10. The molecule has 18 heavy (non-hydrogen) atoms. The average molecular weight is 264 g/mol. The minimum Gasteiger partial charge on any atom is -0.380 e. The molecule has 1 aromatic carbocycles. The fourth-order valence-corrected chi connectivity index (χ4v) is 1.71. The minimum atomic E-state index is 0.227. The van der Waals surface area contributed by atoms with Gasteiger partial charge in [0.05, 0.1) is 6.61 Å². The second-order valence-corrected chi connectivity index (χ2v) is 4.12. The van der Waals surface area contributed by atoms with Crippen LogP contribution < -0.4 is 5.32 Å². The smallest absolute Gasteiger partial charge is 0.224 e. The first kappa shape index (κ1) is 12.8. The Morgan fingerprint density at radius 1 is 1.28 bits per heavy atom. The van der Waals surface area contributed by atoms with Gasteiger partial charge in [-0.1, -0.05) is 30.3 Å². The Morgan fingerprint density at radius 2 is 2.06 bits per heavy atom. The number of methoxy groups -OCH3 is 1. The number of halogens is 1. The molecular weight excluding hydrogens is 250 g/mol. The van der Waals surface area contributed by atoms with Gasteiger partial charge in [-0.15, -0.1) is 0 Å². The van der Waals surface area contributed by atoms with E-state index in [1.807, 2.05) is 30.3 Å². The van der Waals surface area contributed by atoms with Crippen LogP contribution in [0.15, 0.2) is 36.5 Å². The van der Waals surface area contributed by atoms with Crippen LogP contribution in [0.1, 0.15) is 11.1 Å². The topological polar surface area (TPSA) is 47.0 Å². The van der Waals surface area contributed by atoms with Gasteiger partial charge in [-0.2, -0.15) is 0 Å². The van der Waals surface area contributed by atoms with Crippen molar-refractivity contribution in [3.05, 3.63) is 52.9 Å². The van der Waals surface area contributed by atoms with Gasteiger partial charge < -0.3 is 10.1 Å². The molecule has 5 heteroatoms. The summed E-state index contributed by atoms with van der Waals surface area (Å²) in [5, 5.41) is 3.47. The van der Waals surface area contributed by atoms with Crippen LogP contribution in [0.3, 0.4) is 0 Å². The van der Waals surface area contributed by atoms with Crippen molar-refractivity contribution in [3.8, 4) is 0 Å². The first-order chi connectivity index (χ1) is 8.79. The third kappa shape index (κ3) is 3.42. The lowest BCUT2D eigenvalue weighted by molar-refractivity contribution is 0.185. The number of nitrogens with zero attached hydrogens (tertiary/aromatic N) is 2. The van der Waals surface area contributed by atoms with Crippen LogP contribution in [0.2, 0.25) is 5.28 Å². The highest BCUT2D eigenvalue weighted by atomic mass is 35.5. The number of anilines is 1. The summed E-state index contributed by atoms with van der Waals surface area (Å²) in [4.78, 5) is 8.12. The Labute approximate surface area is 111 Å². The quantitative estimate of drug-likeness (QED) is 0.843. The molecule has 1 N–H and O–H groups in total. The second-order valence-electron chi connectivity index (χ2n) is 3.79. The fraction of sp³-hybridized carbons (Fsp3) is 0.231. The van der Waals surface area contributed by atoms with E-state index < -0.39 is 0 Å². The number of rotatable bonds is 5. The Kier molecular flexibility index (Phi) is 4.50. The summed E-state index contributed by atoms with van der Waals surface area (Å²) in [7, 11) is 1.63. The first-order valence-electron chi connectivity index (χ1n) is 5.57. The number of nitrogens with one attached hydrogen (secondary N) is 1. The highest BCUT2D eigenvalue weighted by molar-refractivity contribution is 6.28. The van der Waals surface area contributed by atoms with Gasteiger partial charge in [0, 0.05) is 25.4 Å². The lowest BCUT2D eigenvalue weighted by Crippen LogP contribution is -2.06. The van der Waals surface area contributed by atoms with Crippen LogP contribution in [0, 0.1) is 0 Å². The van der Waals surface area contributed by atoms with E-state index in [0.717, 1.165) is 5.56 Å². The number of aromatic nitrogens is 2. The highest BCUT2D eigenvalue weighted by Crippen LogP contribution is 2.16. The van der Waals surface area contributed by atoms with Crippen molar-refractivity contribution in [1.82, 2.24) is 9.97 Å². The standard InChI is InChI=1S/C13H14ClN3O/c1-18-9-11-8-16-13(14)17-12(11)15-7-10-5-3-2-4-6-10/h2-6,8H,7,9H2,1H3,(H,15,16,17). The number of hydrogen-bond acceptors (Lipinski definition) is 4. The van der Waals surface area contributed by atoms with Gasteiger partial charge in [-0.3, -0.25) is 0 Å². The molecule has 0 amide bonds. The summed E-state index contributed by atoms with van der Waals surface area (Å²) in [6, 6.07) is 10.1. The molecule has 0 fully saturated rings. The van der Waals surface area contributed by atoms with Gasteiger partial charge in [0.1, 0.15) is 5.82 Å². The lowest BCUT2D eigenvalue weighted by atomic mass is 10.2. The molecule has 0 aliphatic rings.